The fourth-order valence-corrected chi connectivity index (χ4v) is 6.11. The van der Waals surface area contributed by atoms with Crippen LogP contribution in [0.4, 0.5) is 11.4 Å². The van der Waals surface area contributed by atoms with E-state index >= 15 is 0 Å². The number of anilines is 2. The summed E-state index contributed by atoms with van der Waals surface area (Å²) in [5, 5.41) is 8.23. The van der Waals surface area contributed by atoms with Gasteiger partial charge in [-0.15, -0.1) is 11.8 Å². The number of carbonyl (C=O) groups excluding carboxylic acids is 3. The zero-order chi connectivity index (χ0) is 35.5. The largest absolute Gasteiger partial charge is 0.497 e. The maximum absolute atomic E-state index is 13.8. The third-order valence-corrected chi connectivity index (χ3v) is 8.93. The number of methoxy groups -OCH3 is 3. The van der Waals surface area contributed by atoms with Crippen molar-refractivity contribution in [1.82, 2.24) is 5.32 Å². The van der Waals surface area contributed by atoms with Gasteiger partial charge in [0.25, 0.3) is 11.8 Å². The number of rotatable bonds is 13. The van der Waals surface area contributed by atoms with E-state index in [1.807, 2.05) is 42.5 Å². The van der Waals surface area contributed by atoms with Gasteiger partial charge in [0.2, 0.25) is 5.91 Å². The first-order valence-corrected chi connectivity index (χ1v) is 16.6. The molecule has 3 amide bonds. The highest BCUT2D eigenvalue weighted by Crippen LogP contribution is 2.40. The molecule has 0 saturated carbocycles. The van der Waals surface area contributed by atoms with Gasteiger partial charge >= 0.3 is 0 Å². The molecule has 0 aliphatic rings. The molecule has 0 heterocycles. The van der Waals surface area contributed by atoms with Gasteiger partial charge in [-0.05, 0) is 71.8 Å². The van der Waals surface area contributed by atoms with Crippen LogP contribution in [-0.4, -0.2) is 39.1 Å². The van der Waals surface area contributed by atoms with E-state index in [0.717, 1.165) is 10.5 Å². The monoisotopic (exact) mass is 707 g/mol. The van der Waals surface area contributed by atoms with E-state index < -0.39 is 17.1 Å². The van der Waals surface area contributed by atoms with E-state index in [1.54, 1.807) is 92.0 Å². The summed E-state index contributed by atoms with van der Waals surface area (Å²) in [6, 6.07) is 35.4. The van der Waals surface area contributed by atoms with Crippen LogP contribution in [0.3, 0.4) is 0 Å². The van der Waals surface area contributed by atoms with Crippen molar-refractivity contribution in [2.75, 3.05) is 32.0 Å². The highest BCUT2D eigenvalue weighted by atomic mass is 35.5. The molecule has 0 fully saturated rings. The zero-order valence-electron chi connectivity index (χ0n) is 27.4. The predicted molar refractivity (Wildman–Crippen MR) is 198 cm³/mol. The Morgan fingerprint density at radius 3 is 2.06 bits per heavy atom. The molecule has 5 aromatic carbocycles. The number of benzene rings is 5. The summed E-state index contributed by atoms with van der Waals surface area (Å²) in [4.78, 5) is 41.1. The first-order valence-electron chi connectivity index (χ1n) is 15.4. The van der Waals surface area contributed by atoms with Crippen LogP contribution in [-0.2, 0) is 9.59 Å². The van der Waals surface area contributed by atoms with Gasteiger partial charge in [0.05, 0.1) is 32.0 Å². The Labute approximate surface area is 299 Å². The fourth-order valence-electron chi connectivity index (χ4n) is 4.85. The fraction of sp³-hybridized carbons (Fsp3) is 0.103. The molecule has 0 bridgehead atoms. The van der Waals surface area contributed by atoms with Crippen LogP contribution < -0.4 is 30.2 Å². The van der Waals surface area contributed by atoms with Crippen molar-refractivity contribution >= 4 is 58.5 Å². The minimum atomic E-state index is -0.646. The molecule has 5 rings (SSSR count). The number of hydrogen-bond donors (Lipinski definition) is 3. The number of halogens is 1. The minimum Gasteiger partial charge on any atom is -0.497 e. The van der Waals surface area contributed by atoms with E-state index in [1.165, 1.54) is 26.0 Å². The van der Waals surface area contributed by atoms with E-state index in [4.69, 9.17) is 25.8 Å². The molecule has 0 radical (unpaired) electrons. The maximum atomic E-state index is 13.8. The average molecular weight is 708 g/mol. The second kappa shape index (κ2) is 17.1. The van der Waals surface area contributed by atoms with Crippen LogP contribution >= 0.6 is 23.4 Å². The molecule has 0 aromatic heterocycles. The lowest BCUT2D eigenvalue weighted by atomic mass is 10.1. The third kappa shape index (κ3) is 9.25. The molecule has 0 saturated heterocycles. The Bertz CT molecular complexity index is 1990. The molecule has 1 atom stereocenters. The SMILES string of the molecule is COc1cccc(/C=C(\NC(=O)c2ccccc2)C(=O)Nc2ccc(SC(C(=O)Nc3cc(Cl)c(OC)cc3OC)c3ccccc3)cc2)c1. The normalized spacial score (nSPS) is 11.6. The Kier molecular flexibility index (Phi) is 12.2. The van der Waals surface area contributed by atoms with Gasteiger partial charge in [-0.1, -0.05) is 72.3 Å². The molecule has 1 unspecified atom stereocenters. The van der Waals surface area contributed by atoms with Crippen molar-refractivity contribution in [2.45, 2.75) is 10.1 Å². The van der Waals surface area contributed by atoms with Crippen molar-refractivity contribution in [2.24, 2.45) is 0 Å². The van der Waals surface area contributed by atoms with Crippen molar-refractivity contribution in [1.29, 1.82) is 0 Å². The van der Waals surface area contributed by atoms with Crippen LogP contribution in [0, 0.1) is 0 Å². The molecule has 50 heavy (non-hydrogen) atoms. The molecule has 0 aliphatic heterocycles. The van der Waals surface area contributed by atoms with Crippen LogP contribution in [0.1, 0.15) is 26.7 Å². The van der Waals surface area contributed by atoms with E-state index in [0.29, 0.717) is 44.8 Å². The summed E-state index contributed by atoms with van der Waals surface area (Å²) in [6.07, 6.45) is 1.58. The molecule has 5 aromatic rings. The van der Waals surface area contributed by atoms with Crippen molar-refractivity contribution in [3.63, 3.8) is 0 Å². The number of thioether (sulfide) groups is 1. The maximum Gasteiger partial charge on any atom is 0.272 e. The summed E-state index contributed by atoms with van der Waals surface area (Å²) in [5.41, 5.74) is 2.79. The summed E-state index contributed by atoms with van der Waals surface area (Å²) in [5.74, 6) is 0.183. The second-order valence-corrected chi connectivity index (χ2v) is 12.3. The van der Waals surface area contributed by atoms with Gasteiger partial charge in [-0.3, -0.25) is 14.4 Å². The lowest BCUT2D eigenvalue weighted by Crippen LogP contribution is -2.30. The highest BCUT2D eigenvalue weighted by molar-refractivity contribution is 8.00. The molecule has 11 heteroatoms. The summed E-state index contributed by atoms with van der Waals surface area (Å²) >= 11 is 7.68. The third-order valence-electron chi connectivity index (χ3n) is 7.37. The highest BCUT2D eigenvalue weighted by Gasteiger charge is 2.24. The number of carbonyl (C=O) groups is 3. The molecular weight excluding hydrogens is 674 g/mol. The molecule has 3 N–H and O–H groups in total. The predicted octanol–water partition coefficient (Wildman–Crippen LogP) is 8.25. The van der Waals surface area contributed by atoms with Gasteiger partial charge < -0.3 is 30.2 Å². The number of ether oxygens (including phenoxy) is 3. The first-order chi connectivity index (χ1) is 24.3. The van der Waals surface area contributed by atoms with Gasteiger partial charge in [0.15, 0.2) is 0 Å². The molecule has 0 spiro atoms. The Morgan fingerprint density at radius 1 is 0.720 bits per heavy atom. The van der Waals surface area contributed by atoms with Gasteiger partial charge in [-0.25, -0.2) is 0 Å². The van der Waals surface area contributed by atoms with Gasteiger partial charge in [0.1, 0.15) is 28.2 Å². The Balaban J connectivity index is 1.35. The van der Waals surface area contributed by atoms with E-state index in [9.17, 15) is 14.4 Å². The first kappa shape index (κ1) is 35.6. The number of amides is 3. The smallest absolute Gasteiger partial charge is 0.272 e. The standard InChI is InChI=1S/C39H34ClN3O6S/c1-47-29-16-10-11-25(21-29)22-33(43-37(44)27-14-8-5-9-15-27)38(45)41-28-17-19-30(20-18-28)50-36(26-12-6-4-7-13-26)39(46)42-32-23-31(40)34(48-2)24-35(32)49-3/h4-24,36H,1-3H3,(H,41,45)(H,42,46)(H,43,44)/b33-22-. The molecule has 254 valence electrons. The average Bonchev–Trinajstić information content (AvgIpc) is 3.15. The number of hydrogen-bond acceptors (Lipinski definition) is 7. The van der Waals surface area contributed by atoms with Crippen LogP contribution in [0.2, 0.25) is 5.02 Å². The quantitative estimate of drug-likeness (QED) is 0.0834. The van der Waals surface area contributed by atoms with Crippen LogP contribution in [0.5, 0.6) is 17.2 Å². The van der Waals surface area contributed by atoms with Crippen molar-refractivity contribution in [3.8, 4) is 17.2 Å². The lowest BCUT2D eigenvalue weighted by molar-refractivity contribution is -0.116. The Hall–Kier alpha value is -5.71. The van der Waals surface area contributed by atoms with E-state index in [2.05, 4.69) is 16.0 Å². The molecule has 0 aliphatic carbocycles. The van der Waals surface area contributed by atoms with Crippen LogP contribution in [0.15, 0.2) is 132 Å². The number of nitrogens with one attached hydrogen (secondary N) is 3. The Morgan fingerprint density at radius 2 is 1.40 bits per heavy atom. The van der Waals surface area contributed by atoms with Crippen molar-refractivity contribution < 1.29 is 28.6 Å². The molecular formula is C39H34ClN3O6S. The van der Waals surface area contributed by atoms with E-state index in [-0.39, 0.29) is 11.6 Å². The minimum absolute atomic E-state index is 0.0421. The second-order valence-electron chi connectivity index (χ2n) is 10.7. The van der Waals surface area contributed by atoms with Gasteiger partial charge in [-0.2, -0.15) is 0 Å². The molecule has 9 nitrogen and oxygen atoms in total. The summed E-state index contributed by atoms with van der Waals surface area (Å²) in [7, 11) is 4.55. The topological polar surface area (TPSA) is 115 Å². The summed E-state index contributed by atoms with van der Waals surface area (Å²) < 4.78 is 16.1. The lowest BCUT2D eigenvalue weighted by Gasteiger charge is -2.19. The zero-order valence-corrected chi connectivity index (χ0v) is 29.0. The van der Waals surface area contributed by atoms with Crippen LogP contribution in [0.25, 0.3) is 6.08 Å². The van der Waals surface area contributed by atoms with Gasteiger partial charge in [0, 0.05) is 22.2 Å². The van der Waals surface area contributed by atoms with Crippen molar-refractivity contribution in [3.05, 3.63) is 149 Å². The summed E-state index contributed by atoms with van der Waals surface area (Å²) in [6.45, 7) is 0.